The van der Waals surface area contributed by atoms with Crippen LogP contribution >= 0.6 is 0 Å². The Morgan fingerprint density at radius 2 is 1.18 bits per heavy atom. The average Bonchev–Trinajstić information content (AvgIpc) is 2.85. The summed E-state index contributed by atoms with van der Waals surface area (Å²) in [6.45, 7) is 6.39. The normalized spacial score (nSPS) is 11.0. The lowest BCUT2D eigenvalue weighted by Crippen LogP contribution is -2.19. The third-order valence-electron chi connectivity index (χ3n) is 5.88. The van der Waals surface area contributed by atoms with Crippen LogP contribution in [0.15, 0.2) is 103 Å². The van der Waals surface area contributed by atoms with E-state index in [0.29, 0.717) is 16.9 Å². The molecule has 0 spiro atoms. The number of ether oxygens (including phenoxy) is 2. The Kier molecular flexibility index (Phi) is 6.60. The quantitative estimate of drug-likeness (QED) is 0.178. The van der Waals surface area contributed by atoms with Gasteiger partial charge in [0.1, 0.15) is 11.5 Å². The molecule has 4 rings (SSSR count). The van der Waals surface area contributed by atoms with Gasteiger partial charge in [0.25, 0.3) is 0 Å². The van der Waals surface area contributed by atoms with Crippen LogP contribution in [-0.4, -0.2) is 11.9 Å². The summed E-state index contributed by atoms with van der Waals surface area (Å²) in [6.07, 6.45) is -0.866. The van der Waals surface area contributed by atoms with E-state index in [4.69, 9.17) is 9.47 Å². The zero-order valence-electron chi connectivity index (χ0n) is 19.4. The molecule has 0 aliphatic heterocycles. The van der Waals surface area contributed by atoms with Gasteiger partial charge in [0, 0.05) is 16.5 Å². The molecule has 0 atom stereocenters. The van der Waals surface area contributed by atoms with Crippen molar-refractivity contribution in [2.45, 2.75) is 26.2 Å². The van der Waals surface area contributed by atoms with Crippen LogP contribution in [0.2, 0.25) is 0 Å². The summed E-state index contributed by atoms with van der Waals surface area (Å²) in [5, 5.41) is 0. The summed E-state index contributed by atoms with van der Waals surface area (Å²) in [4.78, 5) is 25.0. The van der Waals surface area contributed by atoms with Gasteiger partial charge in [-0.25, -0.2) is 4.79 Å². The highest BCUT2D eigenvalue weighted by atomic mass is 16.7. The number of aryl methyl sites for hydroxylation is 1. The number of hydrogen-bond acceptors (Lipinski definition) is 4. The lowest BCUT2D eigenvalue weighted by Gasteiger charge is -2.26. The molecule has 0 heterocycles. The van der Waals surface area contributed by atoms with E-state index < -0.39 is 6.16 Å². The molecule has 0 aliphatic carbocycles. The third kappa shape index (κ3) is 5.24. The van der Waals surface area contributed by atoms with Crippen molar-refractivity contribution in [3.05, 3.63) is 131 Å². The SMILES string of the molecule is Cc1ccc(C(C)(C)c2ccc(OC(=O)Oc3cccc(C(=O)c4ccccc4)c3)cc2)cc1. The molecular weight excluding hydrogens is 424 g/mol. The first-order chi connectivity index (χ1) is 16.3. The highest BCUT2D eigenvalue weighted by Crippen LogP contribution is 2.32. The van der Waals surface area contributed by atoms with Gasteiger partial charge in [0.2, 0.25) is 0 Å². The van der Waals surface area contributed by atoms with Crippen molar-refractivity contribution >= 4 is 11.9 Å². The van der Waals surface area contributed by atoms with E-state index in [1.165, 1.54) is 17.2 Å². The summed E-state index contributed by atoms with van der Waals surface area (Å²) < 4.78 is 10.7. The van der Waals surface area contributed by atoms with Crippen LogP contribution in [-0.2, 0) is 5.41 Å². The minimum atomic E-state index is -0.866. The van der Waals surface area contributed by atoms with E-state index in [-0.39, 0.29) is 16.9 Å². The van der Waals surface area contributed by atoms with E-state index in [0.717, 1.165) is 5.56 Å². The van der Waals surface area contributed by atoms with Crippen LogP contribution in [0.4, 0.5) is 4.79 Å². The fraction of sp³-hybridized carbons (Fsp3) is 0.133. The Labute approximate surface area is 199 Å². The largest absolute Gasteiger partial charge is 0.519 e. The smallest absolute Gasteiger partial charge is 0.395 e. The predicted molar refractivity (Wildman–Crippen MR) is 133 cm³/mol. The molecule has 0 aliphatic rings. The van der Waals surface area contributed by atoms with Gasteiger partial charge in [-0.2, -0.15) is 0 Å². The molecule has 0 radical (unpaired) electrons. The summed E-state index contributed by atoms with van der Waals surface area (Å²) in [5.74, 6) is 0.472. The molecular formula is C30H26O4. The number of hydrogen-bond donors (Lipinski definition) is 0. The van der Waals surface area contributed by atoms with Gasteiger partial charge >= 0.3 is 6.16 Å². The van der Waals surface area contributed by atoms with Crippen molar-refractivity contribution in [1.82, 2.24) is 0 Å². The maximum Gasteiger partial charge on any atom is 0.519 e. The maximum absolute atomic E-state index is 12.6. The number of rotatable bonds is 6. The van der Waals surface area contributed by atoms with Gasteiger partial charge in [-0.1, -0.05) is 98.3 Å². The summed E-state index contributed by atoms with van der Waals surface area (Å²) >= 11 is 0. The Balaban J connectivity index is 1.42. The standard InChI is InChI=1S/C30H26O4/c1-21-12-14-24(15-13-21)30(2,3)25-16-18-26(19-17-25)33-29(32)34-27-11-7-10-23(20-27)28(31)22-8-5-4-6-9-22/h4-20H,1-3H3. The van der Waals surface area contributed by atoms with Gasteiger partial charge in [-0.15, -0.1) is 0 Å². The Hall–Kier alpha value is -4.18. The molecule has 0 fully saturated rings. The molecule has 4 heteroatoms. The first-order valence-corrected chi connectivity index (χ1v) is 11.1. The van der Waals surface area contributed by atoms with Crippen molar-refractivity contribution in [2.24, 2.45) is 0 Å². The zero-order chi connectivity index (χ0) is 24.1. The van der Waals surface area contributed by atoms with E-state index in [2.05, 4.69) is 45.0 Å². The maximum atomic E-state index is 12.6. The Bertz CT molecular complexity index is 1290. The summed E-state index contributed by atoms with van der Waals surface area (Å²) in [5.41, 5.74) is 4.32. The Morgan fingerprint density at radius 1 is 0.618 bits per heavy atom. The third-order valence-corrected chi connectivity index (χ3v) is 5.88. The molecule has 4 nitrogen and oxygen atoms in total. The molecule has 0 bridgehead atoms. The second-order valence-electron chi connectivity index (χ2n) is 8.69. The topological polar surface area (TPSA) is 52.6 Å². The van der Waals surface area contributed by atoms with Crippen LogP contribution in [0, 0.1) is 6.92 Å². The van der Waals surface area contributed by atoms with Crippen LogP contribution in [0.3, 0.4) is 0 Å². The van der Waals surface area contributed by atoms with E-state index >= 15 is 0 Å². The second-order valence-corrected chi connectivity index (χ2v) is 8.69. The van der Waals surface area contributed by atoms with Gasteiger partial charge in [0.15, 0.2) is 5.78 Å². The fourth-order valence-corrected chi connectivity index (χ4v) is 3.75. The summed E-state index contributed by atoms with van der Waals surface area (Å²) in [6, 6.07) is 31.3. The summed E-state index contributed by atoms with van der Waals surface area (Å²) in [7, 11) is 0. The number of ketones is 1. The Morgan fingerprint density at radius 3 is 1.82 bits per heavy atom. The van der Waals surface area contributed by atoms with Crippen molar-refractivity contribution in [3.63, 3.8) is 0 Å². The van der Waals surface area contributed by atoms with Gasteiger partial charge in [-0.3, -0.25) is 4.79 Å². The van der Waals surface area contributed by atoms with E-state index in [1.54, 1.807) is 54.6 Å². The highest BCUT2D eigenvalue weighted by Gasteiger charge is 2.23. The molecule has 0 amide bonds. The predicted octanol–water partition coefficient (Wildman–Crippen LogP) is 7.13. The lowest BCUT2D eigenvalue weighted by molar-refractivity contribution is 0.103. The average molecular weight is 451 g/mol. The van der Waals surface area contributed by atoms with E-state index in [9.17, 15) is 9.59 Å². The minimum absolute atomic E-state index is 0.147. The number of carbonyl (C=O) groups excluding carboxylic acids is 2. The van der Waals surface area contributed by atoms with Gasteiger partial charge in [0.05, 0.1) is 0 Å². The first-order valence-electron chi connectivity index (χ1n) is 11.1. The van der Waals surface area contributed by atoms with Crippen LogP contribution in [0.25, 0.3) is 0 Å². The van der Waals surface area contributed by atoms with E-state index in [1.807, 2.05) is 18.2 Å². The van der Waals surface area contributed by atoms with Crippen molar-refractivity contribution in [2.75, 3.05) is 0 Å². The van der Waals surface area contributed by atoms with Gasteiger partial charge in [-0.05, 0) is 42.3 Å². The zero-order valence-corrected chi connectivity index (χ0v) is 19.4. The molecule has 0 saturated heterocycles. The molecule has 4 aromatic carbocycles. The molecule has 0 unspecified atom stereocenters. The molecule has 0 aromatic heterocycles. The van der Waals surface area contributed by atoms with Gasteiger partial charge < -0.3 is 9.47 Å². The van der Waals surface area contributed by atoms with Crippen molar-refractivity contribution < 1.29 is 19.1 Å². The first kappa shape index (κ1) is 23.0. The second kappa shape index (κ2) is 9.75. The fourth-order valence-electron chi connectivity index (χ4n) is 3.75. The van der Waals surface area contributed by atoms with Crippen LogP contribution in [0.5, 0.6) is 11.5 Å². The monoisotopic (exact) mass is 450 g/mol. The van der Waals surface area contributed by atoms with Crippen molar-refractivity contribution in [3.8, 4) is 11.5 Å². The number of benzene rings is 4. The van der Waals surface area contributed by atoms with Crippen LogP contribution < -0.4 is 9.47 Å². The molecule has 0 N–H and O–H groups in total. The van der Waals surface area contributed by atoms with Crippen molar-refractivity contribution in [1.29, 1.82) is 0 Å². The minimum Gasteiger partial charge on any atom is -0.395 e. The van der Waals surface area contributed by atoms with Crippen LogP contribution in [0.1, 0.15) is 46.5 Å². The molecule has 0 saturated carbocycles. The molecule has 4 aromatic rings. The molecule has 34 heavy (non-hydrogen) atoms. The molecule has 170 valence electrons. The highest BCUT2D eigenvalue weighted by molar-refractivity contribution is 6.09. The lowest BCUT2D eigenvalue weighted by atomic mass is 9.78. The number of carbonyl (C=O) groups is 2.